The van der Waals surface area contributed by atoms with Crippen LogP contribution in [0, 0.1) is 12.8 Å². The van der Waals surface area contributed by atoms with Gasteiger partial charge in [0.1, 0.15) is 11.2 Å². The Morgan fingerprint density at radius 2 is 2.11 bits per heavy atom. The predicted octanol–water partition coefficient (Wildman–Crippen LogP) is 2.16. The summed E-state index contributed by atoms with van der Waals surface area (Å²) in [5.41, 5.74) is 1.41. The molecule has 4 rings (SSSR count). The van der Waals surface area contributed by atoms with Crippen molar-refractivity contribution in [3.8, 4) is 10.6 Å². The van der Waals surface area contributed by atoms with Gasteiger partial charge in [0.2, 0.25) is 5.91 Å². The molecule has 2 aromatic rings. The first kappa shape index (κ1) is 19.3. The molecule has 0 bridgehead atoms. The molecule has 7 nitrogen and oxygen atoms in total. The van der Waals surface area contributed by atoms with Gasteiger partial charge in [0.05, 0.1) is 11.8 Å². The van der Waals surface area contributed by atoms with Crippen molar-refractivity contribution in [3.63, 3.8) is 0 Å². The number of aryl methyl sites for hydroxylation is 1. The molecular formula is C19H21N3O4S2. The number of ether oxygens (including phenoxy) is 1. The molecule has 0 spiro atoms. The SMILES string of the molecule is C=CC(=O)NC1CC2CN(S(=O)(=O)c3sc(-c4ccccc4)nc3C)CC2O1. The maximum absolute atomic E-state index is 13.2. The molecule has 1 aromatic carbocycles. The summed E-state index contributed by atoms with van der Waals surface area (Å²) in [6.07, 6.45) is 1.19. The Morgan fingerprint density at radius 3 is 2.79 bits per heavy atom. The average molecular weight is 420 g/mol. The monoisotopic (exact) mass is 419 g/mol. The van der Waals surface area contributed by atoms with Gasteiger partial charge in [-0.25, -0.2) is 13.4 Å². The normalized spacial score (nSPS) is 24.8. The second-order valence-electron chi connectivity index (χ2n) is 6.95. The van der Waals surface area contributed by atoms with Crippen LogP contribution in [0.4, 0.5) is 0 Å². The number of carbonyl (C=O) groups is 1. The first-order valence-electron chi connectivity index (χ1n) is 9.00. The number of hydrogen-bond acceptors (Lipinski definition) is 6. The second kappa shape index (κ2) is 7.40. The molecule has 2 aliphatic heterocycles. The van der Waals surface area contributed by atoms with Gasteiger partial charge >= 0.3 is 0 Å². The third-order valence-electron chi connectivity index (χ3n) is 5.04. The molecule has 3 heterocycles. The van der Waals surface area contributed by atoms with Crippen LogP contribution in [0.2, 0.25) is 0 Å². The Kier molecular flexibility index (Phi) is 5.09. The van der Waals surface area contributed by atoms with Crippen LogP contribution in [0.5, 0.6) is 0 Å². The number of fused-ring (bicyclic) bond motifs is 1. The van der Waals surface area contributed by atoms with E-state index in [1.807, 2.05) is 30.3 Å². The minimum absolute atomic E-state index is 0.0618. The van der Waals surface area contributed by atoms with E-state index in [2.05, 4.69) is 16.9 Å². The van der Waals surface area contributed by atoms with E-state index in [9.17, 15) is 13.2 Å². The summed E-state index contributed by atoms with van der Waals surface area (Å²) in [5, 5.41) is 3.41. The third kappa shape index (κ3) is 3.50. The summed E-state index contributed by atoms with van der Waals surface area (Å²) in [7, 11) is -3.64. The lowest BCUT2D eigenvalue weighted by atomic mass is 10.1. The number of nitrogens with one attached hydrogen (secondary N) is 1. The molecule has 1 aromatic heterocycles. The van der Waals surface area contributed by atoms with Crippen molar-refractivity contribution in [3.05, 3.63) is 48.7 Å². The van der Waals surface area contributed by atoms with Gasteiger partial charge in [0.25, 0.3) is 10.0 Å². The summed E-state index contributed by atoms with van der Waals surface area (Å²) in [5.74, 6) is -0.227. The molecule has 2 saturated heterocycles. The summed E-state index contributed by atoms with van der Waals surface area (Å²) < 4.78 is 34.0. The van der Waals surface area contributed by atoms with Crippen LogP contribution >= 0.6 is 11.3 Å². The predicted molar refractivity (Wildman–Crippen MR) is 106 cm³/mol. The number of amides is 1. The lowest BCUT2D eigenvalue weighted by molar-refractivity contribution is -0.120. The van der Waals surface area contributed by atoms with Crippen LogP contribution in [0.25, 0.3) is 10.6 Å². The lowest BCUT2D eigenvalue weighted by Gasteiger charge is -2.19. The van der Waals surface area contributed by atoms with Crippen molar-refractivity contribution in [1.29, 1.82) is 0 Å². The van der Waals surface area contributed by atoms with E-state index < -0.39 is 10.0 Å². The fourth-order valence-corrected chi connectivity index (χ4v) is 6.84. The van der Waals surface area contributed by atoms with Crippen molar-refractivity contribution in [1.82, 2.24) is 14.6 Å². The van der Waals surface area contributed by atoms with Gasteiger partial charge < -0.3 is 10.1 Å². The fourth-order valence-electron chi connectivity index (χ4n) is 3.68. The molecule has 0 saturated carbocycles. The van der Waals surface area contributed by atoms with E-state index in [1.54, 1.807) is 6.92 Å². The van der Waals surface area contributed by atoms with E-state index in [-0.39, 0.29) is 34.9 Å². The molecule has 0 aliphatic carbocycles. The number of benzene rings is 1. The van der Waals surface area contributed by atoms with Crippen molar-refractivity contribution < 1.29 is 17.9 Å². The first-order valence-corrected chi connectivity index (χ1v) is 11.3. The van der Waals surface area contributed by atoms with Crippen molar-refractivity contribution >= 4 is 27.3 Å². The highest BCUT2D eigenvalue weighted by Crippen LogP contribution is 2.38. The van der Waals surface area contributed by atoms with Crippen molar-refractivity contribution in [2.75, 3.05) is 13.1 Å². The summed E-state index contributed by atoms with van der Waals surface area (Å²) in [6, 6.07) is 9.55. The number of aromatic nitrogens is 1. The number of carbonyl (C=O) groups excluding carboxylic acids is 1. The Hall–Kier alpha value is -2.07. The number of hydrogen-bond donors (Lipinski definition) is 1. The first-order chi connectivity index (χ1) is 13.4. The maximum Gasteiger partial charge on any atom is 0.254 e. The smallest absolute Gasteiger partial charge is 0.254 e. The van der Waals surface area contributed by atoms with Gasteiger partial charge in [-0.2, -0.15) is 4.31 Å². The Morgan fingerprint density at radius 1 is 1.36 bits per heavy atom. The third-order valence-corrected chi connectivity index (χ3v) is 8.67. The van der Waals surface area contributed by atoms with Gasteiger partial charge in [-0.1, -0.05) is 36.9 Å². The minimum atomic E-state index is -3.64. The van der Waals surface area contributed by atoms with E-state index in [4.69, 9.17) is 4.74 Å². The Bertz CT molecular complexity index is 989. The molecule has 3 unspecified atom stereocenters. The van der Waals surface area contributed by atoms with Gasteiger partial charge in [-0.15, -0.1) is 11.3 Å². The van der Waals surface area contributed by atoms with E-state index in [0.29, 0.717) is 23.7 Å². The zero-order chi connectivity index (χ0) is 19.9. The largest absolute Gasteiger partial charge is 0.354 e. The number of sulfonamides is 1. The van der Waals surface area contributed by atoms with Crippen LogP contribution in [-0.2, 0) is 19.6 Å². The maximum atomic E-state index is 13.2. The number of rotatable bonds is 5. The van der Waals surface area contributed by atoms with E-state index in [0.717, 1.165) is 5.56 Å². The summed E-state index contributed by atoms with van der Waals surface area (Å²) >= 11 is 1.20. The van der Waals surface area contributed by atoms with Gasteiger partial charge in [0, 0.05) is 24.6 Å². The highest BCUT2D eigenvalue weighted by Gasteiger charge is 2.47. The lowest BCUT2D eigenvalue weighted by Crippen LogP contribution is -2.37. The molecule has 2 aliphatic rings. The second-order valence-corrected chi connectivity index (χ2v) is 10.1. The molecule has 1 amide bonds. The van der Waals surface area contributed by atoms with Crippen LogP contribution in [0.3, 0.4) is 0 Å². The van der Waals surface area contributed by atoms with Gasteiger partial charge in [-0.3, -0.25) is 4.79 Å². The highest BCUT2D eigenvalue weighted by atomic mass is 32.2. The molecular weight excluding hydrogens is 398 g/mol. The minimum Gasteiger partial charge on any atom is -0.354 e. The highest BCUT2D eigenvalue weighted by molar-refractivity contribution is 7.91. The molecule has 3 atom stereocenters. The Labute approximate surface area is 168 Å². The average Bonchev–Trinajstić information content (AvgIpc) is 3.35. The van der Waals surface area contributed by atoms with Crippen LogP contribution in [-0.4, -0.2) is 49.0 Å². The van der Waals surface area contributed by atoms with Gasteiger partial charge in [0.15, 0.2) is 4.21 Å². The quantitative estimate of drug-likeness (QED) is 0.751. The number of thiazole rings is 1. The number of nitrogens with zero attached hydrogens (tertiary/aromatic N) is 2. The molecule has 9 heteroatoms. The summed E-state index contributed by atoms with van der Waals surface area (Å²) in [4.78, 5) is 15.9. The Balaban J connectivity index is 1.50. The molecule has 1 N–H and O–H groups in total. The van der Waals surface area contributed by atoms with Crippen molar-refractivity contribution in [2.45, 2.75) is 29.9 Å². The van der Waals surface area contributed by atoms with E-state index >= 15 is 0 Å². The van der Waals surface area contributed by atoms with Gasteiger partial charge in [-0.05, 0) is 19.4 Å². The standard InChI is InChI=1S/C19H21N3O4S2/c1-3-16(23)21-17-9-14-10-22(11-15(14)26-17)28(24,25)19-12(2)20-18(27-19)13-7-5-4-6-8-13/h3-8,14-15,17H,1,9-11H2,2H3,(H,21,23). The summed E-state index contributed by atoms with van der Waals surface area (Å²) in [6.45, 7) is 5.81. The van der Waals surface area contributed by atoms with Crippen LogP contribution < -0.4 is 5.32 Å². The fraction of sp³-hybridized carbons (Fsp3) is 0.368. The zero-order valence-electron chi connectivity index (χ0n) is 15.4. The topological polar surface area (TPSA) is 88.6 Å². The zero-order valence-corrected chi connectivity index (χ0v) is 17.0. The van der Waals surface area contributed by atoms with Crippen LogP contribution in [0.15, 0.2) is 47.2 Å². The molecule has 28 heavy (non-hydrogen) atoms. The molecule has 0 radical (unpaired) electrons. The molecule has 148 valence electrons. The van der Waals surface area contributed by atoms with E-state index in [1.165, 1.54) is 21.7 Å². The van der Waals surface area contributed by atoms with Crippen LogP contribution in [0.1, 0.15) is 12.1 Å². The van der Waals surface area contributed by atoms with Crippen molar-refractivity contribution in [2.24, 2.45) is 5.92 Å². The molecule has 2 fully saturated rings.